The highest BCUT2D eigenvalue weighted by Gasteiger charge is 2.35. The average Bonchev–Trinajstić information content (AvgIpc) is 3.50. The Morgan fingerprint density at radius 2 is 1.75 bits per heavy atom. The monoisotopic (exact) mass is 575 g/mol. The third kappa shape index (κ3) is 5.88. The number of halogens is 3. The molecular formula is C28H36F3N7OS. The molecule has 216 valence electrons. The smallest absolute Gasteiger partial charge is 0.338 e. The Hall–Kier alpha value is -2.99. The van der Waals surface area contributed by atoms with Gasteiger partial charge in [-0.2, -0.15) is 18.3 Å². The fraction of sp³-hybridized carbons (Fsp3) is 0.571. The zero-order valence-electron chi connectivity index (χ0n) is 23.2. The molecule has 8 nitrogen and oxygen atoms in total. The van der Waals surface area contributed by atoms with Gasteiger partial charge in [0.1, 0.15) is 0 Å². The largest absolute Gasteiger partial charge is 0.435 e. The summed E-state index contributed by atoms with van der Waals surface area (Å²) in [6.07, 6.45) is 2.70. The summed E-state index contributed by atoms with van der Waals surface area (Å²) < 4.78 is 40.4. The first-order valence-corrected chi connectivity index (χ1v) is 14.9. The van der Waals surface area contributed by atoms with Crippen LogP contribution in [-0.2, 0) is 26.1 Å². The molecule has 0 aromatic carbocycles. The highest BCUT2D eigenvalue weighted by molar-refractivity contribution is 7.17. The number of hydrogen-bond acceptors (Lipinski definition) is 7. The summed E-state index contributed by atoms with van der Waals surface area (Å²) in [5.74, 6) is 0.654. The number of hydrogen-bond donors (Lipinski definition) is 0. The van der Waals surface area contributed by atoms with Crippen LogP contribution in [0.1, 0.15) is 59.7 Å². The summed E-state index contributed by atoms with van der Waals surface area (Å²) in [4.78, 5) is 30.6. The summed E-state index contributed by atoms with van der Waals surface area (Å²) in [6.45, 7) is 9.04. The fourth-order valence-electron chi connectivity index (χ4n) is 5.44. The number of aromatic nitrogens is 4. The third-order valence-electron chi connectivity index (χ3n) is 7.93. The molecule has 1 amide bonds. The van der Waals surface area contributed by atoms with Crippen LogP contribution in [0.5, 0.6) is 0 Å². The fourth-order valence-corrected chi connectivity index (χ4v) is 6.46. The standard InChI is InChI=1S/C26H30F3N7OS.C2H6/c1-33-20(15-23(32-33)26(27,28)29)21-5-6-22(38-21)24(37)35-9-7-17-16-30-25(31-19(17)8-10-35)36-13-11-34(12-14-36)18-3-2-4-18;1-2/h5-6,15-16,18H,2-4,7-14H2,1H3;1-2H3. The lowest BCUT2D eigenvalue weighted by molar-refractivity contribution is -0.141. The van der Waals surface area contributed by atoms with Gasteiger partial charge in [-0.1, -0.05) is 20.3 Å². The molecule has 0 N–H and O–H groups in total. The third-order valence-corrected chi connectivity index (χ3v) is 9.02. The molecule has 1 saturated heterocycles. The minimum atomic E-state index is -4.51. The topological polar surface area (TPSA) is 70.4 Å². The minimum absolute atomic E-state index is 0.118. The lowest BCUT2D eigenvalue weighted by atomic mass is 9.91. The first-order chi connectivity index (χ1) is 19.3. The first-order valence-electron chi connectivity index (χ1n) is 14.1. The second-order valence-corrected chi connectivity index (χ2v) is 11.3. The van der Waals surface area contributed by atoms with Gasteiger partial charge in [0.2, 0.25) is 5.95 Å². The van der Waals surface area contributed by atoms with Crippen molar-refractivity contribution < 1.29 is 18.0 Å². The maximum absolute atomic E-state index is 13.3. The maximum Gasteiger partial charge on any atom is 0.435 e. The van der Waals surface area contributed by atoms with E-state index in [-0.39, 0.29) is 5.91 Å². The maximum atomic E-state index is 13.3. The molecule has 3 aromatic heterocycles. The zero-order chi connectivity index (χ0) is 28.4. The van der Waals surface area contributed by atoms with Crippen molar-refractivity contribution in [1.29, 1.82) is 0 Å². The molecule has 6 rings (SSSR count). The van der Waals surface area contributed by atoms with Gasteiger partial charge in [0, 0.05) is 65.0 Å². The van der Waals surface area contributed by atoms with E-state index < -0.39 is 11.9 Å². The second kappa shape index (κ2) is 11.9. The van der Waals surface area contributed by atoms with Crippen LogP contribution in [0, 0.1) is 0 Å². The summed E-state index contributed by atoms with van der Waals surface area (Å²) in [7, 11) is 1.47. The van der Waals surface area contributed by atoms with E-state index in [1.54, 1.807) is 17.0 Å². The molecule has 0 unspecified atom stereocenters. The van der Waals surface area contributed by atoms with Crippen molar-refractivity contribution in [2.75, 3.05) is 44.2 Å². The second-order valence-electron chi connectivity index (χ2n) is 10.2. The molecule has 1 aliphatic carbocycles. The number of anilines is 1. The van der Waals surface area contributed by atoms with Gasteiger partial charge in [-0.05, 0) is 43.0 Å². The van der Waals surface area contributed by atoms with E-state index in [4.69, 9.17) is 4.98 Å². The molecule has 3 aromatic rings. The SMILES string of the molecule is CC.Cn1nc(C(F)(F)F)cc1-c1ccc(C(=O)N2CCc3cnc(N4CCN(C5CCC5)CC4)nc3CC2)s1. The van der Waals surface area contributed by atoms with Crippen molar-refractivity contribution in [2.45, 2.75) is 58.2 Å². The lowest BCUT2D eigenvalue weighted by Crippen LogP contribution is -2.52. The van der Waals surface area contributed by atoms with E-state index in [1.165, 1.54) is 42.3 Å². The normalized spacial score (nSPS) is 18.4. The molecule has 0 spiro atoms. The Morgan fingerprint density at radius 1 is 1.02 bits per heavy atom. The molecule has 1 saturated carbocycles. The molecule has 0 radical (unpaired) electrons. The van der Waals surface area contributed by atoms with E-state index in [1.807, 2.05) is 20.0 Å². The number of nitrogens with zero attached hydrogens (tertiary/aromatic N) is 7. The average molecular weight is 576 g/mol. The molecule has 0 bridgehead atoms. The van der Waals surface area contributed by atoms with Crippen molar-refractivity contribution in [3.63, 3.8) is 0 Å². The van der Waals surface area contributed by atoms with Gasteiger partial charge < -0.3 is 9.80 Å². The lowest BCUT2D eigenvalue weighted by Gasteiger charge is -2.43. The summed E-state index contributed by atoms with van der Waals surface area (Å²) in [5.41, 5.74) is 1.45. The van der Waals surface area contributed by atoms with Crippen LogP contribution in [0.25, 0.3) is 10.6 Å². The van der Waals surface area contributed by atoms with Crippen molar-refractivity contribution in [3.05, 3.63) is 46.2 Å². The number of aryl methyl sites for hydroxylation is 1. The number of rotatable bonds is 4. The van der Waals surface area contributed by atoms with E-state index in [2.05, 4.69) is 19.9 Å². The quantitative estimate of drug-likeness (QED) is 0.441. The zero-order valence-corrected chi connectivity index (χ0v) is 24.1. The summed E-state index contributed by atoms with van der Waals surface area (Å²) in [5, 5.41) is 3.58. The van der Waals surface area contributed by atoms with Crippen molar-refractivity contribution in [3.8, 4) is 10.6 Å². The van der Waals surface area contributed by atoms with Gasteiger partial charge in [-0.3, -0.25) is 14.4 Å². The van der Waals surface area contributed by atoms with Gasteiger partial charge in [0.25, 0.3) is 5.91 Å². The van der Waals surface area contributed by atoms with Gasteiger partial charge in [0.05, 0.1) is 21.1 Å². The van der Waals surface area contributed by atoms with Gasteiger partial charge in [-0.15, -0.1) is 11.3 Å². The highest BCUT2D eigenvalue weighted by Crippen LogP contribution is 2.34. The number of alkyl halides is 3. The van der Waals surface area contributed by atoms with Crippen LogP contribution >= 0.6 is 11.3 Å². The number of carbonyl (C=O) groups excluding carboxylic acids is 1. The Labute approximate surface area is 236 Å². The van der Waals surface area contributed by atoms with Crippen molar-refractivity contribution >= 4 is 23.2 Å². The number of piperazine rings is 1. The van der Waals surface area contributed by atoms with Crippen LogP contribution in [0.2, 0.25) is 0 Å². The van der Waals surface area contributed by atoms with Crippen LogP contribution in [0.15, 0.2) is 24.4 Å². The number of fused-ring (bicyclic) bond motifs is 1. The highest BCUT2D eigenvalue weighted by atomic mass is 32.1. The molecular weight excluding hydrogens is 539 g/mol. The Morgan fingerprint density at radius 3 is 2.40 bits per heavy atom. The predicted molar refractivity (Wildman–Crippen MR) is 150 cm³/mol. The molecule has 3 aliphatic rings. The molecule has 40 heavy (non-hydrogen) atoms. The molecule has 0 atom stereocenters. The van der Waals surface area contributed by atoms with E-state index in [9.17, 15) is 18.0 Å². The van der Waals surface area contributed by atoms with Crippen molar-refractivity contribution in [2.24, 2.45) is 7.05 Å². The minimum Gasteiger partial charge on any atom is -0.338 e. The molecule has 2 fully saturated rings. The number of amides is 1. The molecule has 5 heterocycles. The Bertz CT molecular complexity index is 1330. The van der Waals surface area contributed by atoms with E-state index >= 15 is 0 Å². The van der Waals surface area contributed by atoms with E-state index in [0.717, 1.165) is 55.5 Å². The van der Waals surface area contributed by atoms with Crippen molar-refractivity contribution in [1.82, 2.24) is 29.5 Å². The summed E-state index contributed by atoms with van der Waals surface area (Å²) >= 11 is 1.19. The molecule has 12 heteroatoms. The molecule has 2 aliphatic heterocycles. The predicted octanol–water partition coefficient (Wildman–Crippen LogP) is 4.90. The van der Waals surface area contributed by atoms with Gasteiger partial charge in [-0.25, -0.2) is 9.97 Å². The van der Waals surface area contributed by atoms with E-state index in [0.29, 0.717) is 41.4 Å². The van der Waals surface area contributed by atoms with Gasteiger partial charge in [0.15, 0.2) is 5.69 Å². The van der Waals surface area contributed by atoms with Crippen LogP contribution in [0.3, 0.4) is 0 Å². The van der Waals surface area contributed by atoms with Crippen LogP contribution < -0.4 is 4.90 Å². The first kappa shape index (κ1) is 28.5. The van der Waals surface area contributed by atoms with Gasteiger partial charge >= 0.3 is 6.18 Å². The number of carbonyl (C=O) groups is 1. The van der Waals surface area contributed by atoms with Crippen LogP contribution in [0.4, 0.5) is 19.1 Å². The Kier molecular flexibility index (Phi) is 8.46. The summed E-state index contributed by atoms with van der Waals surface area (Å²) in [6, 6.07) is 5.15. The number of thiophene rings is 1. The van der Waals surface area contributed by atoms with Crippen LogP contribution in [-0.4, -0.2) is 80.8 Å². The Balaban J connectivity index is 0.00000158.